The number of aliphatic carboxylic acids is 1. The number of hydrogen-bond donors (Lipinski definition) is 2. The van der Waals surface area contributed by atoms with Gasteiger partial charge in [-0.15, -0.1) is 0 Å². The second-order valence-corrected chi connectivity index (χ2v) is 6.01. The maximum absolute atomic E-state index is 10.9. The average Bonchev–Trinajstić information content (AvgIpc) is 2.47. The fourth-order valence-electron chi connectivity index (χ4n) is 1.60. The fraction of sp³-hybridized carbons (Fsp3) is 0.875. The smallest absolute Gasteiger partial charge is 0.320 e. The number of rotatable bonds is 4. The van der Waals surface area contributed by atoms with E-state index in [1.165, 1.54) is 6.26 Å². The third-order valence-electron chi connectivity index (χ3n) is 2.38. The van der Waals surface area contributed by atoms with E-state index < -0.39 is 21.8 Å². The molecular weight excluding hydrogens is 206 g/mol. The van der Waals surface area contributed by atoms with E-state index in [1.54, 1.807) is 0 Å². The van der Waals surface area contributed by atoms with Crippen LogP contribution in [0.3, 0.4) is 0 Å². The zero-order valence-electron chi connectivity index (χ0n) is 8.06. The van der Waals surface area contributed by atoms with E-state index in [-0.39, 0.29) is 11.8 Å². The molecule has 1 heterocycles. The maximum Gasteiger partial charge on any atom is 0.320 e. The van der Waals surface area contributed by atoms with E-state index in [1.807, 2.05) is 0 Å². The fourth-order valence-corrected chi connectivity index (χ4v) is 2.31. The van der Waals surface area contributed by atoms with Gasteiger partial charge in [-0.3, -0.25) is 4.79 Å². The van der Waals surface area contributed by atoms with E-state index in [0.29, 0.717) is 12.8 Å². The highest BCUT2D eigenvalue weighted by atomic mass is 32.2. The summed E-state index contributed by atoms with van der Waals surface area (Å²) >= 11 is 0. The Bertz CT molecular complexity index is 311. The van der Waals surface area contributed by atoms with Crippen molar-refractivity contribution < 1.29 is 18.3 Å². The summed E-state index contributed by atoms with van der Waals surface area (Å²) in [5.41, 5.74) is 0. The van der Waals surface area contributed by atoms with Gasteiger partial charge in [-0.05, 0) is 19.3 Å². The van der Waals surface area contributed by atoms with Crippen LogP contribution in [0.2, 0.25) is 0 Å². The highest BCUT2D eigenvalue weighted by Gasteiger charge is 2.28. The van der Waals surface area contributed by atoms with Gasteiger partial charge < -0.3 is 10.4 Å². The first-order valence-electron chi connectivity index (χ1n) is 4.55. The van der Waals surface area contributed by atoms with Gasteiger partial charge in [0, 0.05) is 12.3 Å². The summed E-state index contributed by atoms with van der Waals surface area (Å²) in [7, 11) is -2.94. The van der Waals surface area contributed by atoms with Crippen LogP contribution in [0.5, 0.6) is 0 Å². The number of hydrogen-bond acceptors (Lipinski definition) is 4. The summed E-state index contributed by atoms with van der Waals surface area (Å²) in [4.78, 5) is 10.6. The molecule has 0 aliphatic carbocycles. The molecule has 82 valence electrons. The first-order chi connectivity index (χ1) is 6.38. The van der Waals surface area contributed by atoms with Gasteiger partial charge >= 0.3 is 5.97 Å². The topological polar surface area (TPSA) is 83.5 Å². The van der Waals surface area contributed by atoms with Crippen molar-refractivity contribution in [2.75, 3.05) is 12.0 Å². The zero-order chi connectivity index (χ0) is 10.8. The molecule has 0 saturated carbocycles. The Morgan fingerprint density at radius 3 is 2.57 bits per heavy atom. The van der Waals surface area contributed by atoms with E-state index >= 15 is 0 Å². The van der Waals surface area contributed by atoms with E-state index in [9.17, 15) is 13.2 Å². The van der Waals surface area contributed by atoms with Crippen LogP contribution < -0.4 is 5.32 Å². The number of carbonyl (C=O) groups is 1. The SMILES string of the molecule is CS(=O)(=O)CCC1CCC(C(=O)O)N1. The van der Waals surface area contributed by atoms with Gasteiger partial charge in [0.2, 0.25) is 0 Å². The average molecular weight is 221 g/mol. The van der Waals surface area contributed by atoms with Crippen LogP contribution in [0.1, 0.15) is 19.3 Å². The molecule has 6 heteroatoms. The minimum absolute atomic E-state index is 0.0332. The van der Waals surface area contributed by atoms with Crippen molar-refractivity contribution in [3.63, 3.8) is 0 Å². The molecule has 0 spiro atoms. The molecule has 0 radical (unpaired) electrons. The van der Waals surface area contributed by atoms with Crippen molar-refractivity contribution in [2.45, 2.75) is 31.3 Å². The predicted molar refractivity (Wildman–Crippen MR) is 51.9 cm³/mol. The third kappa shape index (κ3) is 3.63. The van der Waals surface area contributed by atoms with E-state index in [0.717, 1.165) is 6.42 Å². The van der Waals surface area contributed by atoms with Crippen LogP contribution in [0.25, 0.3) is 0 Å². The van der Waals surface area contributed by atoms with Gasteiger partial charge in [-0.2, -0.15) is 0 Å². The number of sulfone groups is 1. The first kappa shape index (κ1) is 11.5. The Hall–Kier alpha value is -0.620. The molecule has 14 heavy (non-hydrogen) atoms. The molecule has 1 aliphatic heterocycles. The summed E-state index contributed by atoms with van der Waals surface area (Å²) in [5.74, 6) is -0.733. The quantitative estimate of drug-likeness (QED) is 0.676. The Labute approximate surface area is 83.4 Å². The van der Waals surface area contributed by atoms with Crippen LogP contribution in [-0.2, 0) is 14.6 Å². The van der Waals surface area contributed by atoms with Crippen molar-refractivity contribution in [2.24, 2.45) is 0 Å². The van der Waals surface area contributed by atoms with Gasteiger partial charge in [-0.25, -0.2) is 8.42 Å². The molecule has 0 bridgehead atoms. The number of carboxylic acid groups (broad SMARTS) is 1. The largest absolute Gasteiger partial charge is 0.480 e. The Morgan fingerprint density at radius 2 is 2.14 bits per heavy atom. The van der Waals surface area contributed by atoms with Gasteiger partial charge in [0.05, 0.1) is 5.75 Å². The van der Waals surface area contributed by atoms with Crippen molar-refractivity contribution in [1.82, 2.24) is 5.32 Å². The number of carboxylic acids is 1. The molecular formula is C8H15NO4S. The summed E-state index contributed by atoms with van der Waals surface area (Å²) in [6.45, 7) is 0. The van der Waals surface area contributed by atoms with Crippen LogP contribution in [0.4, 0.5) is 0 Å². The predicted octanol–water partition coefficient (Wildman–Crippen LogP) is -0.374. The van der Waals surface area contributed by atoms with Crippen molar-refractivity contribution in [3.05, 3.63) is 0 Å². The second kappa shape index (κ2) is 4.27. The van der Waals surface area contributed by atoms with Crippen molar-refractivity contribution in [3.8, 4) is 0 Å². The molecule has 1 fully saturated rings. The molecule has 2 unspecified atom stereocenters. The maximum atomic E-state index is 10.9. The summed E-state index contributed by atoms with van der Waals surface area (Å²) in [6.07, 6.45) is 3.02. The minimum atomic E-state index is -2.94. The van der Waals surface area contributed by atoms with Crippen LogP contribution in [0, 0.1) is 0 Å². The van der Waals surface area contributed by atoms with Crippen LogP contribution >= 0.6 is 0 Å². The minimum Gasteiger partial charge on any atom is -0.480 e. The van der Waals surface area contributed by atoms with Gasteiger partial charge in [-0.1, -0.05) is 0 Å². The molecule has 0 amide bonds. The summed E-state index contributed by atoms with van der Waals surface area (Å²) in [6, 6.07) is -0.467. The van der Waals surface area contributed by atoms with Gasteiger partial charge in [0.15, 0.2) is 0 Å². The molecule has 1 aliphatic rings. The summed E-state index contributed by atoms with van der Waals surface area (Å²) in [5, 5.41) is 11.6. The normalized spacial score (nSPS) is 27.8. The Balaban J connectivity index is 2.33. The molecule has 2 N–H and O–H groups in total. The van der Waals surface area contributed by atoms with Gasteiger partial charge in [0.1, 0.15) is 15.9 Å². The highest BCUT2D eigenvalue weighted by molar-refractivity contribution is 7.90. The molecule has 0 aromatic rings. The summed E-state index contributed by atoms with van der Waals surface area (Å²) < 4.78 is 21.7. The highest BCUT2D eigenvalue weighted by Crippen LogP contribution is 2.15. The molecule has 1 saturated heterocycles. The lowest BCUT2D eigenvalue weighted by Crippen LogP contribution is -2.36. The lowest BCUT2D eigenvalue weighted by Gasteiger charge is -2.10. The lowest BCUT2D eigenvalue weighted by molar-refractivity contribution is -0.139. The Morgan fingerprint density at radius 1 is 1.50 bits per heavy atom. The van der Waals surface area contributed by atoms with Crippen LogP contribution in [0.15, 0.2) is 0 Å². The van der Waals surface area contributed by atoms with Crippen molar-refractivity contribution in [1.29, 1.82) is 0 Å². The van der Waals surface area contributed by atoms with Crippen molar-refractivity contribution >= 4 is 15.8 Å². The monoisotopic (exact) mass is 221 g/mol. The standard InChI is InChI=1S/C8H15NO4S/c1-14(12,13)5-4-6-2-3-7(9-6)8(10)11/h6-7,9H,2-5H2,1H3,(H,10,11). The van der Waals surface area contributed by atoms with Gasteiger partial charge in [0.25, 0.3) is 0 Å². The molecule has 5 nitrogen and oxygen atoms in total. The van der Waals surface area contributed by atoms with E-state index in [2.05, 4.69) is 5.32 Å². The third-order valence-corrected chi connectivity index (χ3v) is 3.35. The lowest BCUT2D eigenvalue weighted by atomic mass is 10.1. The first-order valence-corrected chi connectivity index (χ1v) is 6.61. The molecule has 2 atom stereocenters. The molecule has 1 rings (SSSR count). The number of nitrogens with one attached hydrogen (secondary N) is 1. The molecule has 0 aromatic heterocycles. The molecule has 0 aromatic carbocycles. The zero-order valence-corrected chi connectivity index (χ0v) is 8.88. The Kier molecular flexibility index (Phi) is 3.49. The van der Waals surface area contributed by atoms with E-state index in [4.69, 9.17) is 5.11 Å². The van der Waals surface area contributed by atoms with Crippen LogP contribution in [-0.4, -0.2) is 43.6 Å². The second-order valence-electron chi connectivity index (χ2n) is 3.75.